The third-order valence-electron chi connectivity index (χ3n) is 6.34. The second kappa shape index (κ2) is 13.2. The molecular formula is C28H32N8O5. The molecule has 1 aromatic heterocycles. The first kappa shape index (κ1) is 29.4. The Morgan fingerprint density at radius 1 is 1.12 bits per heavy atom. The van der Waals surface area contributed by atoms with E-state index in [9.17, 15) is 9.59 Å². The number of carbonyl (C=O) groups is 2. The van der Waals surface area contributed by atoms with Crippen LogP contribution in [0.2, 0.25) is 0 Å². The summed E-state index contributed by atoms with van der Waals surface area (Å²) in [6.45, 7) is 7.73. The molecule has 1 saturated heterocycles. The van der Waals surface area contributed by atoms with Gasteiger partial charge in [-0.25, -0.2) is 4.99 Å². The van der Waals surface area contributed by atoms with E-state index in [1.165, 1.54) is 0 Å². The number of likely N-dealkylation sites (tertiary alicyclic amines) is 1. The number of amidine groups is 1. The van der Waals surface area contributed by atoms with Crippen LogP contribution in [0, 0.1) is 0 Å². The molecule has 0 aliphatic carbocycles. The van der Waals surface area contributed by atoms with Crippen LogP contribution in [0.4, 0.5) is 0 Å². The summed E-state index contributed by atoms with van der Waals surface area (Å²) in [6, 6.07) is 15.3. The third-order valence-corrected chi connectivity index (χ3v) is 6.34. The Morgan fingerprint density at radius 2 is 1.83 bits per heavy atom. The lowest BCUT2D eigenvalue weighted by Gasteiger charge is -2.31. The highest BCUT2D eigenvalue weighted by molar-refractivity contribution is 6.10. The van der Waals surface area contributed by atoms with Crippen molar-refractivity contribution in [2.45, 2.75) is 46.1 Å². The Labute approximate surface area is 236 Å². The van der Waals surface area contributed by atoms with E-state index >= 15 is 0 Å². The molecule has 13 nitrogen and oxygen atoms in total. The number of nitrogens with zero attached hydrogens (tertiary/aromatic N) is 7. The van der Waals surface area contributed by atoms with Crippen molar-refractivity contribution in [1.82, 2.24) is 30.5 Å². The van der Waals surface area contributed by atoms with Gasteiger partial charge in [-0.1, -0.05) is 59.9 Å². The summed E-state index contributed by atoms with van der Waals surface area (Å²) < 4.78 is 0. The van der Waals surface area contributed by atoms with Crippen molar-refractivity contribution in [2.24, 2.45) is 10.7 Å². The number of amides is 1. The van der Waals surface area contributed by atoms with Crippen molar-refractivity contribution >= 4 is 17.6 Å². The van der Waals surface area contributed by atoms with Gasteiger partial charge in [-0.05, 0) is 48.6 Å². The van der Waals surface area contributed by atoms with E-state index in [4.69, 9.17) is 16.1 Å². The lowest BCUT2D eigenvalue weighted by molar-refractivity contribution is -0.492. The molecule has 1 amide bonds. The van der Waals surface area contributed by atoms with Crippen LogP contribution in [0.1, 0.15) is 49.9 Å². The Morgan fingerprint density at radius 3 is 2.49 bits per heavy atom. The number of rotatable bonds is 10. The SMILES string of the molecule is C=C(C)/N=C1\C(=C(\C)N)CCC(=O)N1Cc1ccc(-c2ccccc2-c2nnn(C(=O)CCCON(O)O)n2)cc1. The van der Waals surface area contributed by atoms with Gasteiger partial charge in [0.1, 0.15) is 5.84 Å². The molecule has 1 aliphatic heterocycles. The molecule has 2 heterocycles. The topological polar surface area (TPSA) is 172 Å². The van der Waals surface area contributed by atoms with Gasteiger partial charge in [-0.2, -0.15) is 0 Å². The van der Waals surface area contributed by atoms with E-state index in [0.29, 0.717) is 42.2 Å². The second-order valence-corrected chi connectivity index (χ2v) is 9.54. The van der Waals surface area contributed by atoms with Gasteiger partial charge in [-0.15, -0.1) is 10.2 Å². The van der Waals surface area contributed by atoms with E-state index in [-0.39, 0.29) is 31.2 Å². The lowest BCUT2D eigenvalue weighted by Crippen LogP contribution is -2.42. The number of carbonyl (C=O) groups excluding carboxylic acids is 2. The Balaban J connectivity index is 1.53. The van der Waals surface area contributed by atoms with Gasteiger partial charge in [0.05, 0.1) is 18.5 Å². The van der Waals surface area contributed by atoms with Crippen molar-refractivity contribution < 1.29 is 24.8 Å². The average Bonchev–Trinajstić information content (AvgIpc) is 3.43. The number of benzene rings is 2. The maximum atomic E-state index is 12.9. The van der Waals surface area contributed by atoms with Gasteiger partial charge in [0.25, 0.3) is 5.91 Å². The number of aliphatic imine (C=N–C) groups is 1. The van der Waals surface area contributed by atoms with Crippen molar-refractivity contribution in [2.75, 3.05) is 6.61 Å². The normalized spacial score (nSPS) is 16.0. The molecule has 0 atom stereocenters. The van der Waals surface area contributed by atoms with Crippen LogP contribution in [0.5, 0.6) is 0 Å². The third kappa shape index (κ3) is 7.35. The highest BCUT2D eigenvalue weighted by atomic mass is 17.1. The highest BCUT2D eigenvalue weighted by Crippen LogP contribution is 2.31. The molecule has 214 valence electrons. The minimum atomic E-state index is -0.415. The molecule has 2 aromatic carbocycles. The molecule has 4 N–H and O–H groups in total. The predicted molar refractivity (Wildman–Crippen MR) is 149 cm³/mol. The van der Waals surface area contributed by atoms with Crippen LogP contribution >= 0.6 is 0 Å². The van der Waals surface area contributed by atoms with Crippen molar-refractivity contribution in [3.63, 3.8) is 0 Å². The van der Waals surface area contributed by atoms with Gasteiger partial charge < -0.3 is 5.73 Å². The highest BCUT2D eigenvalue weighted by Gasteiger charge is 2.29. The Hall–Kier alpha value is -4.56. The van der Waals surface area contributed by atoms with Crippen molar-refractivity contribution in [1.29, 1.82) is 0 Å². The molecule has 3 aromatic rings. The molecule has 1 aliphatic rings. The molecule has 4 rings (SSSR count). The monoisotopic (exact) mass is 560 g/mol. The molecular weight excluding hydrogens is 528 g/mol. The predicted octanol–water partition coefficient (Wildman–Crippen LogP) is 3.73. The fraction of sp³-hybridized carbons (Fsp3) is 0.286. The van der Waals surface area contributed by atoms with Gasteiger partial charge in [0, 0.05) is 35.4 Å². The molecule has 13 heteroatoms. The molecule has 0 unspecified atom stereocenters. The van der Waals surface area contributed by atoms with E-state index in [1.54, 1.807) is 11.8 Å². The summed E-state index contributed by atoms with van der Waals surface area (Å²) in [7, 11) is 0. The quantitative estimate of drug-likeness (QED) is 0.245. The molecule has 0 bridgehead atoms. The summed E-state index contributed by atoms with van der Waals surface area (Å²) in [6.07, 6.45) is 1.15. The van der Waals surface area contributed by atoms with E-state index in [2.05, 4.69) is 31.8 Å². The number of piperidine rings is 1. The number of hydrogen-bond donors (Lipinski definition) is 3. The minimum Gasteiger partial charge on any atom is -0.402 e. The van der Waals surface area contributed by atoms with Crippen molar-refractivity contribution in [3.8, 4) is 22.5 Å². The number of aromatic nitrogens is 4. The van der Waals surface area contributed by atoms with Crippen LogP contribution in [0.15, 0.2) is 77.1 Å². The van der Waals surface area contributed by atoms with Gasteiger partial charge in [-0.3, -0.25) is 29.7 Å². The zero-order valence-corrected chi connectivity index (χ0v) is 22.9. The first-order chi connectivity index (χ1) is 19.6. The Bertz CT molecular complexity index is 1490. The zero-order chi connectivity index (χ0) is 29.5. The van der Waals surface area contributed by atoms with E-state index in [0.717, 1.165) is 27.1 Å². The van der Waals surface area contributed by atoms with Crippen LogP contribution in [0.25, 0.3) is 22.5 Å². The maximum Gasteiger partial charge on any atom is 0.266 e. The van der Waals surface area contributed by atoms with Gasteiger partial charge in [0.15, 0.2) is 0 Å². The summed E-state index contributed by atoms with van der Waals surface area (Å²) >= 11 is 0. The first-order valence-corrected chi connectivity index (χ1v) is 13.0. The van der Waals surface area contributed by atoms with E-state index < -0.39 is 11.3 Å². The second-order valence-electron chi connectivity index (χ2n) is 9.54. The lowest BCUT2D eigenvalue weighted by atomic mass is 9.97. The van der Waals surface area contributed by atoms with Gasteiger partial charge in [0.2, 0.25) is 11.7 Å². The fourth-order valence-electron chi connectivity index (χ4n) is 4.40. The van der Waals surface area contributed by atoms with Gasteiger partial charge >= 0.3 is 0 Å². The molecule has 0 spiro atoms. The molecule has 0 radical (unpaired) electrons. The van der Waals surface area contributed by atoms with Crippen LogP contribution in [-0.2, 0) is 16.2 Å². The van der Waals surface area contributed by atoms with Crippen LogP contribution in [0.3, 0.4) is 0 Å². The fourth-order valence-corrected chi connectivity index (χ4v) is 4.40. The summed E-state index contributed by atoms with van der Waals surface area (Å²) in [5, 5.41) is 28.9. The number of nitrogens with two attached hydrogens (primary N) is 1. The molecule has 1 fully saturated rings. The largest absolute Gasteiger partial charge is 0.402 e. The standard InChI is InChI=1S/C28H32N8O5/c1-18(2)30-28-22(19(3)29)14-15-25(37)34(28)17-20-10-12-21(13-11-20)23-7-4-5-8-24(23)27-31-33-35(32-27)26(38)9-6-16-41-36(39)40/h4-5,7-8,10-13,39-40H,1,6,9,14-17,29H2,2-3H3/b22-19-,30-28+. The Kier molecular flexibility index (Phi) is 9.47. The number of allylic oxidation sites excluding steroid dienone is 2. The smallest absolute Gasteiger partial charge is 0.266 e. The maximum absolute atomic E-state index is 12.9. The number of tetrazole rings is 1. The number of hydrogen-bond acceptors (Lipinski definition) is 11. The molecule has 41 heavy (non-hydrogen) atoms. The minimum absolute atomic E-state index is 0.0210. The van der Waals surface area contributed by atoms with E-state index in [1.807, 2.05) is 55.5 Å². The average molecular weight is 561 g/mol. The van der Waals surface area contributed by atoms with Crippen LogP contribution in [-0.4, -0.2) is 65.2 Å². The summed E-state index contributed by atoms with van der Waals surface area (Å²) in [5.41, 5.74) is 11.5. The zero-order valence-electron chi connectivity index (χ0n) is 22.9. The van der Waals surface area contributed by atoms with Crippen LogP contribution < -0.4 is 5.73 Å². The van der Waals surface area contributed by atoms with Crippen molar-refractivity contribution in [3.05, 3.63) is 77.6 Å². The molecule has 0 saturated carbocycles. The first-order valence-electron chi connectivity index (χ1n) is 13.0. The summed E-state index contributed by atoms with van der Waals surface area (Å²) in [5.74, 6) is 0.385. The summed E-state index contributed by atoms with van der Waals surface area (Å²) in [4.78, 5) is 36.8.